The number of aryl methyl sites for hydroxylation is 1. The van der Waals surface area contributed by atoms with Crippen LogP contribution in [-0.2, 0) is 27.2 Å². The average molecular weight is 517 g/mol. The molecule has 37 heavy (non-hydrogen) atoms. The lowest BCUT2D eigenvalue weighted by atomic mass is 9.97. The van der Waals surface area contributed by atoms with E-state index >= 15 is 0 Å². The monoisotopic (exact) mass is 516 g/mol. The fourth-order valence-electron chi connectivity index (χ4n) is 4.29. The molecule has 0 saturated carbocycles. The van der Waals surface area contributed by atoms with Gasteiger partial charge in [0, 0.05) is 20.5 Å². The van der Waals surface area contributed by atoms with Gasteiger partial charge in [0.15, 0.2) is 0 Å². The summed E-state index contributed by atoms with van der Waals surface area (Å²) in [5.74, 6) is -2.07. The minimum absolute atomic E-state index is 0.113. The molecule has 3 amide bonds. The van der Waals surface area contributed by atoms with Crippen LogP contribution in [0.4, 0.5) is 4.39 Å². The van der Waals surface area contributed by atoms with Crippen molar-refractivity contribution in [2.75, 3.05) is 20.8 Å². The molecule has 0 aliphatic carbocycles. The number of halogens is 1. The highest BCUT2D eigenvalue weighted by molar-refractivity contribution is 5.93. The van der Waals surface area contributed by atoms with Gasteiger partial charge in [-0.1, -0.05) is 38.1 Å². The molecule has 3 atom stereocenters. The van der Waals surface area contributed by atoms with E-state index < -0.39 is 48.4 Å². The summed E-state index contributed by atoms with van der Waals surface area (Å²) >= 11 is 0. The van der Waals surface area contributed by atoms with Crippen molar-refractivity contribution < 1.29 is 29.0 Å². The maximum absolute atomic E-state index is 13.7. The highest BCUT2D eigenvalue weighted by Crippen LogP contribution is 2.21. The Bertz CT molecular complexity index is 1090. The molecule has 9 nitrogen and oxygen atoms in total. The van der Waals surface area contributed by atoms with Crippen LogP contribution in [0.5, 0.6) is 5.75 Å². The van der Waals surface area contributed by atoms with E-state index in [0.29, 0.717) is 16.7 Å². The molecule has 2 rings (SSSR count). The second-order valence-electron chi connectivity index (χ2n) is 9.56. The number of aliphatic hydroxyl groups is 1. The van der Waals surface area contributed by atoms with Gasteiger partial charge in [0.05, 0.1) is 6.04 Å². The number of phenols is 1. The third kappa shape index (κ3) is 7.74. The second kappa shape index (κ2) is 13.2. The molecule has 0 bridgehead atoms. The fraction of sp³-hybridized carbons (Fsp3) is 0.444. The van der Waals surface area contributed by atoms with Gasteiger partial charge in [-0.05, 0) is 54.2 Å². The van der Waals surface area contributed by atoms with Crippen LogP contribution in [0.15, 0.2) is 42.5 Å². The Balaban J connectivity index is 2.26. The molecular weight excluding hydrogens is 479 g/mol. The SMILES string of the molecule is Cc1cc(C[C@@H](C(=O)NCO)N(C)C(=O)[C@H](C(C)C)N(C)C(=O)[C@@H](N)Cc2ccc(F)cc2)ccc1O. The maximum atomic E-state index is 13.7. The largest absolute Gasteiger partial charge is 0.508 e. The van der Waals surface area contributed by atoms with Crippen molar-refractivity contribution in [1.82, 2.24) is 15.1 Å². The third-order valence-electron chi connectivity index (χ3n) is 6.40. The van der Waals surface area contributed by atoms with E-state index in [-0.39, 0.29) is 24.5 Å². The number of aliphatic hydroxyl groups excluding tert-OH is 1. The van der Waals surface area contributed by atoms with Crippen molar-refractivity contribution in [3.8, 4) is 5.75 Å². The summed E-state index contributed by atoms with van der Waals surface area (Å²) in [5, 5.41) is 21.4. The zero-order chi connectivity index (χ0) is 27.9. The number of carbonyl (C=O) groups is 3. The molecule has 0 spiro atoms. The van der Waals surface area contributed by atoms with Gasteiger partial charge in [-0.25, -0.2) is 4.39 Å². The fourth-order valence-corrected chi connectivity index (χ4v) is 4.29. The number of amides is 3. The van der Waals surface area contributed by atoms with Crippen molar-refractivity contribution in [2.24, 2.45) is 11.7 Å². The Labute approximate surface area is 217 Å². The van der Waals surface area contributed by atoms with Crippen molar-refractivity contribution >= 4 is 17.7 Å². The number of hydrogen-bond donors (Lipinski definition) is 4. The summed E-state index contributed by atoms with van der Waals surface area (Å²) in [7, 11) is 2.97. The predicted octanol–water partition coefficient (Wildman–Crippen LogP) is 1.33. The first-order chi connectivity index (χ1) is 17.4. The van der Waals surface area contributed by atoms with E-state index in [9.17, 15) is 29.0 Å². The second-order valence-corrected chi connectivity index (χ2v) is 9.56. The van der Waals surface area contributed by atoms with E-state index in [4.69, 9.17) is 5.73 Å². The molecule has 0 aromatic heterocycles. The Morgan fingerprint density at radius 1 is 0.973 bits per heavy atom. The zero-order valence-corrected chi connectivity index (χ0v) is 21.9. The molecule has 0 aliphatic heterocycles. The Morgan fingerprint density at radius 2 is 1.57 bits per heavy atom. The van der Waals surface area contributed by atoms with E-state index in [1.807, 2.05) is 0 Å². The predicted molar refractivity (Wildman–Crippen MR) is 138 cm³/mol. The molecule has 202 valence electrons. The summed E-state index contributed by atoms with van der Waals surface area (Å²) in [6, 6.07) is 7.72. The van der Waals surface area contributed by atoms with Crippen LogP contribution < -0.4 is 11.1 Å². The number of nitrogens with one attached hydrogen (secondary N) is 1. The minimum Gasteiger partial charge on any atom is -0.508 e. The first-order valence-corrected chi connectivity index (χ1v) is 12.1. The molecular formula is C27H37FN4O5. The molecule has 2 aromatic rings. The molecule has 0 fully saturated rings. The molecule has 0 aliphatic rings. The summed E-state index contributed by atoms with van der Waals surface area (Å²) < 4.78 is 13.2. The van der Waals surface area contributed by atoms with Gasteiger partial charge in [0.1, 0.15) is 30.4 Å². The van der Waals surface area contributed by atoms with Crippen molar-refractivity contribution in [2.45, 2.75) is 51.7 Å². The Morgan fingerprint density at radius 3 is 2.11 bits per heavy atom. The van der Waals surface area contributed by atoms with Crippen LogP contribution in [0, 0.1) is 18.7 Å². The number of aromatic hydroxyl groups is 1. The molecule has 2 aromatic carbocycles. The first-order valence-electron chi connectivity index (χ1n) is 12.1. The summed E-state index contributed by atoms with van der Waals surface area (Å²) in [4.78, 5) is 42.3. The van der Waals surface area contributed by atoms with Crippen molar-refractivity contribution in [1.29, 1.82) is 0 Å². The number of rotatable bonds is 11. The van der Waals surface area contributed by atoms with Crippen LogP contribution in [0.25, 0.3) is 0 Å². The molecule has 0 radical (unpaired) electrons. The van der Waals surface area contributed by atoms with E-state index in [1.54, 1.807) is 45.0 Å². The lowest BCUT2D eigenvalue weighted by Crippen LogP contribution is -2.58. The van der Waals surface area contributed by atoms with Gasteiger partial charge in [-0.15, -0.1) is 0 Å². The van der Waals surface area contributed by atoms with Crippen LogP contribution in [-0.4, -0.2) is 76.7 Å². The first kappa shape index (κ1) is 29.7. The number of benzene rings is 2. The van der Waals surface area contributed by atoms with Crippen LogP contribution in [0.2, 0.25) is 0 Å². The average Bonchev–Trinajstić information content (AvgIpc) is 2.84. The Kier molecular flexibility index (Phi) is 10.6. The van der Waals surface area contributed by atoms with Gasteiger partial charge in [-0.3, -0.25) is 14.4 Å². The van der Waals surface area contributed by atoms with Gasteiger partial charge >= 0.3 is 0 Å². The van der Waals surface area contributed by atoms with Crippen LogP contribution in [0.3, 0.4) is 0 Å². The molecule has 5 N–H and O–H groups in total. The number of carbonyl (C=O) groups excluding carboxylic acids is 3. The van der Waals surface area contributed by atoms with Gasteiger partial charge in [-0.2, -0.15) is 0 Å². The molecule has 0 heterocycles. The smallest absolute Gasteiger partial charge is 0.246 e. The normalized spacial score (nSPS) is 13.5. The summed E-state index contributed by atoms with van der Waals surface area (Å²) in [6.07, 6.45) is 0.293. The van der Waals surface area contributed by atoms with Crippen LogP contribution >= 0.6 is 0 Å². The zero-order valence-electron chi connectivity index (χ0n) is 21.9. The molecule has 0 saturated heterocycles. The number of nitrogens with zero attached hydrogens (tertiary/aromatic N) is 2. The number of likely N-dealkylation sites (N-methyl/N-ethyl adjacent to an activating group) is 2. The number of nitrogens with two attached hydrogens (primary N) is 1. The highest BCUT2D eigenvalue weighted by Gasteiger charge is 2.37. The highest BCUT2D eigenvalue weighted by atomic mass is 19.1. The number of phenolic OH excluding ortho intramolecular Hbond substituents is 1. The number of hydrogen-bond acceptors (Lipinski definition) is 6. The quantitative estimate of drug-likeness (QED) is 0.333. The minimum atomic E-state index is -0.985. The van der Waals surface area contributed by atoms with Gasteiger partial charge in [0.2, 0.25) is 17.7 Å². The lowest BCUT2D eigenvalue weighted by Gasteiger charge is -2.37. The van der Waals surface area contributed by atoms with E-state index in [2.05, 4.69) is 5.32 Å². The standard InChI is InChI=1S/C27H37FN4O5/c1-16(2)24(32(5)26(36)21(29)13-18-6-9-20(28)10-7-18)27(37)31(4)22(25(35)30-15-33)14-19-8-11-23(34)17(3)12-19/h6-12,16,21-22,24,33-34H,13-15,29H2,1-5H3,(H,30,35)/t21-,22-,24-/m0/s1. The van der Waals surface area contributed by atoms with Crippen LogP contribution in [0.1, 0.15) is 30.5 Å². The maximum Gasteiger partial charge on any atom is 0.246 e. The Hall–Kier alpha value is -3.50. The van der Waals surface area contributed by atoms with E-state index in [0.717, 1.165) is 0 Å². The van der Waals surface area contributed by atoms with E-state index in [1.165, 1.54) is 42.1 Å². The van der Waals surface area contributed by atoms with Gasteiger partial charge in [0.25, 0.3) is 0 Å². The molecule has 10 heteroatoms. The topological polar surface area (TPSA) is 136 Å². The van der Waals surface area contributed by atoms with Gasteiger partial charge < -0.3 is 31.1 Å². The summed E-state index contributed by atoms with van der Waals surface area (Å²) in [6.45, 7) is 4.70. The third-order valence-corrected chi connectivity index (χ3v) is 6.40. The lowest BCUT2D eigenvalue weighted by molar-refractivity contribution is -0.149. The van der Waals surface area contributed by atoms with Crippen molar-refractivity contribution in [3.05, 3.63) is 65.0 Å². The molecule has 0 unspecified atom stereocenters. The summed E-state index contributed by atoms with van der Waals surface area (Å²) in [5.41, 5.74) is 8.17. The van der Waals surface area contributed by atoms with Crippen molar-refractivity contribution in [3.63, 3.8) is 0 Å².